The molecular formula is C22H35N5O5. The number of fused-ring (bicyclic) bond motifs is 1. The third-order valence-electron chi connectivity index (χ3n) is 4.59. The van der Waals surface area contributed by atoms with Crippen LogP contribution in [0.5, 0.6) is 0 Å². The zero-order valence-electron chi connectivity index (χ0n) is 18.8. The van der Waals surface area contributed by atoms with Gasteiger partial charge in [0.1, 0.15) is 0 Å². The number of aromatic amines is 1. The number of benzene rings is 1. The molecule has 4 N–H and O–H groups in total. The number of nitrogens with zero attached hydrogens (tertiary/aromatic N) is 2. The van der Waals surface area contributed by atoms with E-state index in [0.717, 1.165) is 16.5 Å². The maximum absolute atomic E-state index is 12.2. The van der Waals surface area contributed by atoms with Crippen molar-refractivity contribution in [3.05, 3.63) is 36.0 Å². The number of ether oxygens (including phenoxy) is 4. The maximum atomic E-state index is 12.2. The molecule has 10 heteroatoms. The third-order valence-corrected chi connectivity index (χ3v) is 4.59. The van der Waals surface area contributed by atoms with Crippen molar-refractivity contribution in [1.82, 2.24) is 10.3 Å². The number of nitrogens with one attached hydrogen (secondary N) is 2. The molecule has 0 aliphatic rings. The van der Waals surface area contributed by atoms with Gasteiger partial charge in [0.05, 0.1) is 65.4 Å². The van der Waals surface area contributed by atoms with E-state index in [1.54, 1.807) is 7.05 Å². The smallest absolute Gasteiger partial charge is 0.237 e. The summed E-state index contributed by atoms with van der Waals surface area (Å²) >= 11 is 0. The fourth-order valence-electron chi connectivity index (χ4n) is 2.97. The molecule has 0 unspecified atom stereocenters. The van der Waals surface area contributed by atoms with Crippen LogP contribution in [0.4, 0.5) is 0 Å². The molecule has 1 atom stereocenters. The van der Waals surface area contributed by atoms with Crippen molar-refractivity contribution in [2.75, 3.05) is 73.0 Å². The van der Waals surface area contributed by atoms with E-state index in [0.29, 0.717) is 72.4 Å². The van der Waals surface area contributed by atoms with Crippen LogP contribution in [0.2, 0.25) is 0 Å². The molecule has 0 radical (unpaired) electrons. The Hall–Kier alpha value is -2.37. The topological polar surface area (TPSA) is 133 Å². The van der Waals surface area contributed by atoms with E-state index in [-0.39, 0.29) is 5.91 Å². The number of aromatic nitrogens is 1. The lowest BCUT2D eigenvalue weighted by molar-refractivity contribution is -0.122. The number of para-hydroxylation sites is 1. The average molecular weight is 450 g/mol. The molecular weight excluding hydrogens is 414 g/mol. The van der Waals surface area contributed by atoms with E-state index in [9.17, 15) is 4.79 Å². The first-order valence-electron chi connectivity index (χ1n) is 10.9. The molecule has 0 spiro atoms. The molecule has 178 valence electrons. The molecule has 0 saturated carbocycles. The quantitative estimate of drug-likeness (QED) is 0.232. The Balaban J connectivity index is 1.39. The lowest BCUT2D eigenvalue weighted by atomic mass is 10.1. The number of carbonyl (C=O) groups excluding carboxylic acids is 1. The van der Waals surface area contributed by atoms with Crippen LogP contribution in [-0.4, -0.2) is 89.9 Å². The summed E-state index contributed by atoms with van der Waals surface area (Å²) in [6, 6.07) is 7.35. The molecule has 32 heavy (non-hydrogen) atoms. The fraction of sp³-hybridized carbons (Fsp3) is 0.591. The van der Waals surface area contributed by atoms with Gasteiger partial charge in [-0.2, -0.15) is 10.2 Å². The Kier molecular flexibility index (Phi) is 13.2. The Morgan fingerprint density at radius 3 is 2.31 bits per heavy atom. The number of azo groups is 1. The van der Waals surface area contributed by atoms with Gasteiger partial charge < -0.3 is 35.0 Å². The average Bonchev–Trinajstić information content (AvgIpc) is 3.21. The van der Waals surface area contributed by atoms with Crippen LogP contribution < -0.4 is 11.1 Å². The van der Waals surface area contributed by atoms with Crippen molar-refractivity contribution in [1.29, 1.82) is 0 Å². The number of carbonyl (C=O) groups is 1. The van der Waals surface area contributed by atoms with Gasteiger partial charge in [-0.05, 0) is 18.1 Å². The van der Waals surface area contributed by atoms with Gasteiger partial charge >= 0.3 is 0 Å². The normalized spacial score (nSPS) is 12.6. The van der Waals surface area contributed by atoms with Crippen LogP contribution in [0.25, 0.3) is 10.9 Å². The molecule has 0 aliphatic heterocycles. The number of H-pyrrole nitrogens is 1. The van der Waals surface area contributed by atoms with Gasteiger partial charge in [-0.3, -0.25) is 4.79 Å². The van der Waals surface area contributed by atoms with Crippen LogP contribution in [0, 0.1) is 0 Å². The summed E-state index contributed by atoms with van der Waals surface area (Å²) in [6.07, 6.45) is 2.38. The summed E-state index contributed by atoms with van der Waals surface area (Å²) in [5.41, 5.74) is 8.13. The Bertz CT molecular complexity index is 798. The molecule has 0 bridgehead atoms. The van der Waals surface area contributed by atoms with Crippen molar-refractivity contribution < 1.29 is 23.7 Å². The first-order chi connectivity index (χ1) is 15.7. The van der Waals surface area contributed by atoms with Crippen LogP contribution >= 0.6 is 0 Å². The lowest BCUT2D eigenvalue weighted by Gasteiger charge is -2.12. The van der Waals surface area contributed by atoms with Gasteiger partial charge in [0, 0.05) is 30.7 Å². The predicted molar refractivity (Wildman–Crippen MR) is 122 cm³/mol. The molecule has 1 aromatic carbocycles. The SMILES string of the molecule is C/N=N/CCOCCOCCOCCOCCNC(=O)[C@@H](N)Cc1c[nH]c2ccccc12. The van der Waals surface area contributed by atoms with E-state index in [1.807, 2.05) is 30.5 Å². The minimum atomic E-state index is -0.607. The standard InChI is InChI=1S/C22H35N5O5/c1-24-27-7-9-30-11-13-32-15-14-31-12-10-29-8-6-25-22(28)20(23)16-18-17-26-21-5-3-2-4-19(18)21/h2-5,17,20,26H,6-16,23H2,1H3,(H,25,28)/b27-24+/t20-/m0/s1. The number of rotatable bonds is 18. The van der Waals surface area contributed by atoms with E-state index >= 15 is 0 Å². The van der Waals surface area contributed by atoms with Gasteiger partial charge in [-0.25, -0.2) is 0 Å². The van der Waals surface area contributed by atoms with E-state index in [4.69, 9.17) is 24.7 Å². The van der Waals surface area contributed by atoms with Gasteiger partial charge in [-0.1, -0.05) is 18.2 Å². The van der Waals surface area contributed by atoms with Crippen molar-refractivity contribution >= 4 is 16.8 Å². The summed E-state index contributed by atoms with van der Waals surface area (Å²) in [5, 5.41) is 11.3. The first-order valence-corrected chi connectivity index (χ1v) is 10.9. The summed E-state index contributed by atoms with van der Waals surface area (Å²) in [7, 11) is 1.64. The second-order valence-electron chi connectivity index (χ2n) is 6.98. The van der Waals surface area contributed by atoms with Crippen LogP contribution in [-0.2, 0) is 30.2 Å². The lowest BCUT2D eigenvalue weighted by Crippen LogP contribution is -2.43. The molecule has 1 heterocycles. The van der Waals surface area contributed by atoms with Crippen molar-refractivity contribution in [2.24, 2.45) is 16.0 Å². The van der Waals surface area contributed by atoms with Gasteiger partial charge in [0.15, 0.2) is 0 Å². The molecule has 10 nitrogen and oxygen atoms in total. The highest BCUT2D eigenvalue weighted by molar-refractivity contribution is 5.86. The molecule has 1 amide bonds. The van der Waals surface area contributed by atoms with E-state index < -0.39 is 6.04 Å². The van der Waals surface area contributed by atoms with Crippen molar-refractivity contribution in [2.45, 2.75) is 12.5 Å². The number of amides is 1. The molecule has 2 rings (SSSR count). The first kappa shape index (κ1) is 25.9. The van der Waals surface area contributed by atoms with E-state index in [1.165, 1.54) is 0 Å². The summed E-state index contributed by atoms with van der Waals surface area (Å²) in [4.78, 5) is 15.4. The fourth-order valence-corrected chi connectivity index (χ4v) is 2.97. The second kappa shape index (κ2) is 16.3. The minimum absolute atomic E-state index is 0.189. The largest absolute Gasteiger partial charge is 0.377 e. The van der Waals surface area contributed by atoms with Crippen LogP contribution in [0.1, 0.15) is 5.56 Å². The summed E-state index contributed by atoms with van der Waals surface area (Å²) in [5.74, 6) is -0.189. The van der Waals surface area contributed by atoms with Crippen LogP contribution in [0.3, 0.4) is 0 Å². The summed E-state index contributed by atoms with van der Waals surface area (Å²) in [6.45, 7) is 4.89. The molecule has 0 saturated heterocycles. The number of hydrogen-bond donors (Lipinski definition) is 3. The van der Waals surface area contributed by atoms with Crippen molar-refractivity contribution in [3.8, 4) is 0 Å². The van der Waals surface area contributed by atoms with E-state index in [2.05, 4.69) is 20.5 Å². The highest BCUT2D eigenvalue weighted by Gasteiger charge is 2.15. The Morgan fingerprint density at radius 1 is 1.00 bits per heavy atom. The minimum Gasteiger partial charge on any atom is -0.377 e. The molecule has 0 fully saturated rings. The molecule has 0 aliphatic carbocycles. The zero-order chi connectivity index (χ0) is 22.9. The van der Waals surface area contributed by atoms with Gasteiger partial charge in [0.25, 0.3) is 0 Å². The van der Waals surface area contributed by atoms with Gasteiger partial charge in [0.2, 0.25) is 5.91 Å². The summed E-state index contributed by atoms with van der Waals surface area (Å²) < 4.78 is 21.6. The highest BCUT2D eigenvalue weighted by Crippen LogP contribution is 2.18. The second-order valence-corrected chi connectivity index (χ2v) is 6.98. The zero-order valence-corrected chi connectivity index (χ0v) is 18.8. The Morgan fingerprint density at radius 2 is 1.62 bits per heavy atom. The van der Waals surface area contributed by atoms with Crippen LogP contribution in [0.15, 0.2) is 40.7 Å². The monoisotopic (exact) mass is 449 g/mol. The third kappa shape index (κ3) is 10.3. The molecule has 1 aromatic heterocycles. The van der Waals surface area contributed by atoms with Crippen molar-refractivity contribution in [3.63, 3.8) is 0 Å². The predicted octanol–water partition coefficient (Wildman–Crippen LogP) is 1.30. The highest BCUT2D eigenvalue weighted by atomic mass is 16.6. The maximum Gasteiger partial charge on any atom is 0.237 e. The number of hydrogen-bond acceptors (Lipinski definition) is 8. The Labute approximate surface area is 188 Å². The van der Waals surface area contributed by atoms with Gasteiger partial charge in [-0.15, -0.1) is 0 Å². The number of nitrogens with two attached hydrogens (primary N) is 1. The molecule has 2 aromatic rings.